The summed E-state index contributed by atoms with van der Waals surface area (Å²) in [5.41, 5.74) is 0. The summed E-state index contributed by atoms with van der Waals surface area (Å²) in [5.74, 6) is -0.882. The number of allylic oxidation sites excluding steroid dienone is 8. The van der Waals surface area contributed by atoms with Crippen molar-refractivity contribution in [1.29, 1.82) is 0 Å². The van der Waals surface area contributed by atoms with Gasteiger partial charge in [0.15, 0.2) is 6.10 Å². The van der Waals surface area contributed by atoms with Gasteiger partial charge in [0, 0.05) is 19.3 Å². The van der Waals surface area contributed by atoms with Crippen LogP contribution in [0.1, 0.15) is 297 Å². The number of rotatable bonds is 52. The van der Waals surface area contributed by atoms with Crippen LogP contribution in [0.25, 0.3) is 0 Å². The van der Waals surface area contributed by atoms with Gasteiger partial charge in [0.05, 0.1) is 0 Å². The summed E-state index contributed by atoms with van der Waals surface area (Å²) in [4.78, 5) is 38.0. The van der Waals surface area contributed by atoms with Crippen LogP contribution in [0.2, 0.25) is 0 Å². The second kappa shape index (κ2) is 55.0. The first-order chi connectivity index (χ1) is 32.5. The normalized spacial score (nSPS) is 12.3. The molecule has 0 amide bonds. The van der Waals surface area contributed by atoms with Crippen LogP contribution in [0.4, 0.5) is 0 Å². The van der Waals surface area contributed by atoms with E-state index in [-0.39, 0.29) is 31.1 Å². The highest BCUT2D eigenvalue weighted by Crippen LogP contribution is 2.16. The van der Waals surface area contributed by atoms with Crippen molar-refractivity contribution in [2.24, 2.45) is 0 Å². The minimum atomic E-state index is -0.778. The molecule has 384 valence electrons. The standard InChI is InChI=1S/C60H108O6/c1-4-7-10-13-16-19-22-24-26-27-28-29-30-31-32-33-34-36-38-41-44-47-50-53-59(62)65-56-57(55-64-58(61)52-49-46-43-40-37-21-18-15-12-9-6-3)66-60(63)54-51-48-45-42-39-35-25-23-20-17-14-11-8-5-2/h14,17,22-25,27-28,57H,4-13,15-16,18-21,26,29-56H2,1-3H3/b17-14-,24-22-,25-23-,28-27-. The zero-order valence-corrected chi connectivity index (χ0v) is 44.0. The van der Waals surface area contributed by atoms with E-state index in [0.29, 0.717) is 19.3 Å². The molecule has 0 aliphatic rings. The fourth-order valence-electron chi connectivity index (χ4n) is 8.20. The van der Waals surface area contributed by atoms with Crippen molar-refractivity contribution >= 4 is 17.9 Å². The Morgan fingerprint density at radius 1 is 0.303 bits per heavy atom. The number of unbranched alkanes of at least 4 members (excludes halogenated alkanes) is 33. The molecule has 0 aliphatic heterocycles. The molecule has 0 bridgehead atoms. The van der Waals surface area contributed by atoms with Gasteiger partial charge in [0.25, 0.3) is 0 Å². The van der Waals surface area contributed by atoms with E-state index in [1.807, 2.05) is 0 Å². The van der Waals surface area contributed by atoms with Gasteiger partial charge in [-0.25, -0.2) is 0 Å². The summed E-state index contributed by atoms with van der Waals surface area (Å²) in [6.07, 6.45) is 66.7. The zero-order valence-electron chi connectivity index (χ0n) is 44.0. The number of esters is 3. The number of carbonyl (C=O) groups excluding carboxylic acids is 3. The monoisotopic (exact) mass is 925 g/mol. The lowest BCUT2D eigenvalue weighted by molar-refractivity contribution is -0.167. The molecular weight excluding hydrogens is 817 g/mol. The minimum Gasteiger partial charge on any atom is -0.462 e. The van der Waals surface area contributed by atoms with Gasteiger partial charge >= 0.3 is 17.9 Å². The van der Waals surface area contributed by atoms with Crippen LogP contribution in [0.15, 0.2) is 48.6 Å². The molecule has 0 aliphatic carbocycles. The third-order valence-electron chi connectivity index (χ3n) is 12.6. The van der Waals surface area contributed by atoms with E-state index in [4.69, 9.17) is 14.2 Å². The Bertz CT molecular complexity index is 1150. The lowest BCUT2D eigenvalue weighted by Gasteiger charge is -2.18. The molecule has 0 heterocycles. The molecule has 0 radical (unpaired) electrons. The minimum absolute atomic E-state index is 0.0767. The van der Waals surface area contributed by atoms with Gasteiger partial charge in [-0.15, -0.1) is 0 Å². The summed E-state index contributed by atoms with van der Waals surface area (Å²) >= 11 is 0. The fraction of sp³-hybridized carbons (Fsp3) is 0.817. The largest absolute Gasteiger partial charge is 0.462 e. The summed E-state index contributed by atoms with van der Waals surface area (Å²) in [6, 6.07) is 0. The van der Waals surface area contributed by atoms with Crippen molar-refractivity contribution in [2.75, 3.05) is 13.2 Å². The van der Waals surface area contributed by atoms with Crippen LogP contribution < -0.4 is 0 Å². The molecule has 0 spiro atoms. The van der Waals surface area contributed by atoms with Crippen molar-refractivity contribution < 1.29 is 28.6 Å². The molecule has 0 aromatic heterocycles. The SMILES string of the molecule is CCCC/C=C\C/C=C\CCCCCCCC(=O)OC(COC(=O)CCCCCCCCCCCCC)COC(=O)CCCCCCCCCCCCC/C=C\C/C=C\CCCCCCC. The Morgan fingerprint density at radius 3 is 0.879 bits per heavy atom. The molecule has 0 saturated heterocycles. The Kier molecular flexibility index (Phi) is 52.8. The first kappa shape index (κ1) is 63.4. The maximum atomic E-state index is 12.8. The average Bonchev–Trinajstić information content (AvgIpc) is 3.31. The number of hydrogen-bond acceptors (Lipinski definition) is 6. The fourth-order valence-corrected chi connectivity index (χ4v) is 8.20. The van der Waals surface area contributed by atoms with E-state index < -0.39 is 6.10 Å². The van der Waals surface area contributed by atoms with Gasteiger partial charge in [-0.05, 0) is 77.0 Å². The van der Waals surface area contributed by atoms with E-state index in [0.717, 1.165) is 89.9 Å². The molecule has 0 aromatic carbocycles. The van der Waals surface area contributed by atoms with E-state index in [9.17, 15) is 14.4 Å². The third-order valence-corrected chi connectivity index (χ3v) is 12.6. The van der Waals surface area contributed by atoms with Crippen molar-refractivity contribution in [3.8, 4) is 0 Å². The highest BCUT2D eigenvalue weighted by molar-refractivity contribution is 5.71. The highest BCUT2D eigenvalue weighted by atomic mass is 16.6. The number of ether oxygens (including phenoxy) is 3. The van der Waals surface area contributed by atoms with Crippen molar-refractivity contribution in [1.82, 2.24) is 0 Å². The molecule has 0 aromatic rings. The molecule has 1 unspecified atom stereocenters. The van der Waals surface area contributed by atoms with Crippen LogP contribution in [0.5, 0.6) is 0 Å². The molecule has 6 nitrogen and oxygen atoms in total. The smallest absolute Gasteiger partial charge is 0.306 e. The lowest BCUT2D eigenvalue weighted by Crippen LogP contribution is -2.30. The Hall–Kier alpha value is -2.63. The van der Waals surface area contributed by atoms with E-state index in [1.54, 1.807) is 0 Å². The molecular formula is C60H108O6. The van der Waals surface area contributed by atoms with Gasteiger partial charge in [-0.3, -0.25) is 14.4 Å². The molecule has 1 atom stereocenters. The van der Waals surface area contributed by atoms with Crippen LogP contribution in [-0.2, 0) is 28.6 Å². The quantitative estimate of drug-likeness (QED) is 0.0262. The average molecular weight is 926 g/mol. The molecule has 6 heteroatoms. The van der Waals surface area contributed by atoms with E-state index in [1.165, 1.54) is 167 Å². The predicted molar refractivity (Wildman–Crippen MR) is 284 cm³/mol. The Morgan fingerprint density at radius 2 is 0.561 bits per heavy atom. The molecule has 0 rings (SSSR count). The number of carbonyl (C=O) groups is 3. The Balaban J connectivity index is 4.26. The van der Waals surface area contributed by atoms with Crippen LogP contribution in [-0.4, -0.2) is 37.2 Å². The van der Waals surface area contributed by atoms with Crippen molar-refractivity contribution in [3.63, 3.8) is 0 Å². The molecule has 0 saturated carbocycles. The van der Waals surface area contributed by atoms with Crippen LogP contribution >= 0.6 is 0 Å². The third kappa shape index (κ3) is 52.3. The van der Waals surface area contributed by atoms with Crippen molar-refractivity contribution in [3.05, 3.63) is 48.6 Å². The first-order valence-corrected chi connectivity index (χ1v) is 28.6. The summed E-state index contributed by atoms with van der Waals surface area (Å²) in [5, 5.41) is 0. The van der Waals surface area contributed by atoms with Gasteiger partial charge < -0.3 is 14.2 Å². The first-order valence-electron chi connectivity index (χ1n) is 28.6. The van der Waals surface area contributed by atoms with Crippen molar-refractivity contribution in [2.45, 2.75) is 303 Å². The van der Waals surface area contributed by atoms with E-state index in [2.05, 4.69) is 69.4 Å². The predicted octanol–water partition coefficient (Wildman–Crippen LogP) is 19.0. The van der Waals surface area contributed by atoms with Crippen LogP contribution in [0.3, 0.4) is 0 Å². The van der Waals surface area contributed by atoms with Gasteiger partial charge in [0.2, 0.25) is 0 Å². The second-order valence-corrected chi connectivity index (χ2v) is 19.2. The summed E-state index contributed by atoms with van der Waals surface area (Å²) < 4.78 is 16.8. The van der Waals surface area contributed by atoms with Crippen LogP contribution in [0, 0.1) is 0 Å². The van der Waals surface area contributed by atoms with Gasteiger partial charge in [-0.2, -0.15) is 0 Å². The lowest BCUT2D eigenvalue weighted by atomic mass is 10.0. The molecule has 0 fully saturated rings. The Labute approximate surface area is 409 Å². The summed E-state index contributed by atoms with van der Waals surface area (Å²) in [7, 11) is 0. The number of hydrogen-bond donors (Lipinski definition) is 0. The molecule has 66 heavy (non-hydrogen) atoms. The second-order valence-electron chi connectivity index (χ2n) is 19.2. The highest BCUT2D eigenvalue weighted by Gasteiger charge is 2.19. The van der Waals surface area contributed by atoms with Gasteiger partial charge in [0.1, 0.15) is 13.2 Å². The van der Waals surface area contributed by atoms with E-state index >= 15 is 0 Å². The molecule has 0 N–H and O–H groups in total. The maximum Gasteiger partial charge on any atom is 0.306 e. The summed E-state index contributed by atoms with van der Waals surface area (Å²) in [6.45, 7) is 6.59. The van der Waals surface area contributed by atoms with Gasteiger partial charge in [-0.1, -0.05) is 249 Å². The zero-order chi connectivity index (χ0) is 47.9. The maximum absolute atomic E-state index is 12.8. The topological polar surface area (TPSA) is 78.9 Å².